The van der Waals surface area contributed by atoms with Gasteiger partial charge < -0.3 is 4.79 Å². The van der Waals surface area contributed by atoms with E-state index in [9.17, 15) is 4.79 Å². The van der Waals surface area contributed by atoms with Crippen LogP contribution in [0.2, 0.25) is 0 Å². The topological polar surface area (TPSA) is 17.1 Å². The summed E-state index contributed by atoms with van der Waals surface area (Å²) in [5.74, 6) is 1.75. The Hall–Kier alpha value is -0.330. The summed E-state index contributed by atoms with van der Waals surface area (Å²) in [5, 5.41) is 0. The maximum atomic E-state index is 10.3. The van der Waals surface area contributed by atoms with Crippen LogP contribution >= 0.6 is 0 Å². The van der Waals surface area contributed by atoms with Crippen molar-refractivity contribution in [2.75, 3.05) is 0 Å². The van der Waals surface area contributed by atoms with Crippen molar-refractivity contribution in [3.05, 3.63) is 0 Å². The Morgan fingerprint density at radius 2 is 1.87 bits per heavy atom. The molecule has 0 spiro atoms. The van der Waals surface area contributed by atoms with Gasteiger partial charge in [0.1, 0.15) is 6.29 Å². The van der Waals surface area contributed by atoms with Crippen LogP contribution in [0.3, 0.4) is 0 Å². The van der Waals surface area contributed by atoms with Gasteiger partial charge in [-0.15, -0.1) is 0 Å². The number of aldehydes is 1. The molecule has 1 fully saturated rings. The highest BCUT2D eigenvalue weighted by molar-refractivity contribution is 5.48. The zero-order chi connectivity index (χ0) is 11.3. The highest BCUT2D eigenvalue weighted by Crippen LogP contribution is 2.43. The van der Waals surface area contributed by atoms with Crippen LogP contribution in [-0.2, 0) is 4.79 Å². The summed E-state index contributed by atoms with van der Waals surface area (Å²) in [6, 6.07) is 0. The molecule has 0 aromatic carbocycles. The monoisotopic (exact) mass is 210 g/mol. The largest absolute Gasteiger partial charge is 0.303 e. The first-order chi connectivity index (χ1) is 7.05. The minimum atomic E-state index is 0.451. The van der Waals surface area contributed by atoms with Crippen LogP contribution in [0.4, 0.5) is 0 Å². The predicted octanol–water partition coefficient (Wildman–Crippen LogP) is 4.21. The van der Waals surface area contributed by atoms with Gasteiger partial charge in [-0.3, -0.25) is 0 Å². The lowest BCUT2D eigenvalue weighted by Crippen LogP contribution is -2.31. The number of unbranched alkanes of at least 4 members (excludes halogenated alkanes) is 1. The molecule has 1 saturated carbocycles. The Morgan fingerprint density at radius 1 is 1.20 bits per heavy atom. The van der Waals surface area contributed by atoms with Gasteiger partial charge in [-0.05, 0) is 36.5 Å². The van der Waals surface area contributed by atoms with Crippen LogP contribution in [0.5, 0.6) is 0 Å². The molecule has 0 aliphatic heterocycles. The molecular formula is C14H26O. The summed E-state index contributed by atoms with van der Waals surface area (Å²) in [5.41, 5.74) is 0.451. The Kier molecular flexibility index (Phi) is 4.82. The Labute approximate surface area is 94.6 Å². The summed E-state index contributed by atoms with van der Waals surface area (Å²) < 4.78 is 0. The SMILES string of the molecule is CC(C)(C)C1CCCCC1CCCC=O. The third-order valence-electron chi connectivity index (χ3n) is 3.92. The normalized spacial score (nSPS) is 27.7. The van der Waals surface area contributed by atoms with Crippen molar-refractivity contribution in [2.45, 2.75) is 65.7 Å². The highest BCUT2D eigenvalue weighted by Gasteiger charge is 2.33. The molecule has 0 bridgehead atoms. The minimum Gasteiger partial charge on any atom is -0.303 e. The van der Waals surface area contributed by atoms with Gasteiger partial charge in [-0.25, -0.2) is 0 Å². The molecule has 1 nitrogen and oxygen atoms in total. The van der Waals surface area contributed by atoms with Gasteiger partial charge in [0.05, 0.1) is 0 Å². The molecule has 1 aliphatic rings. The standard InChI is InChI=1S/C14H26O/c1-14(2,3)13-10-5-4-8-12(13)9-6-7-11-15/h11-13H,4-10H2,1-3H3. The molecule has 15 heavy (non-hydrogen) atoms. The maximum Gasteiger partial charge on any atom is 0.119 e. The average molecular weight is 210 g/mol. The van der Waals surface area contributed by atoms with Crippen LogP contribution in [0, 0.1) is 17.3 Å². The van der Waals surface area contributed by atoms with E-state index in [2.05, 4.69) is 20.8 Å². The maximum absolute atomic E-state index is 10.3. The predicted molar refractivity (Wildman–Crippen MR) is 64.8 cm³/mol. The number of hydrogen-bond donors (Lipinski definition) is 0. The zero-order valence-corrected chi connectivity index (χ0v) is 10.6. The van der Waals surface area contributed by atoms with Crippen LogP contribution in [0.25, 0.3) is 0 Å². The van der Waals surface area contributed by atoms with Gasteiger partial charge in [0, 0.05) is 6.42 Å². The van der Waals surface area contributed by atoms with Crippen LogP contribution in [-0.4, -0.2) is 6.29 Å². The molecule has 1 aliphatic carbocycles. The molecule has 0 aromatic heterocycles. The number of carbonyl (C=O) groups excluding carboxylic acids is 1. The molecule has 0 saturated heterocycles. The molecule has 0 heterocycles. The summed E-state index contributed by atoms with van der Waals surface area (Å²) >= 11 is 0. The van der Waals surface area contributed by atoms with Crippen molar-refractivity contribution in [1.82, 2.24) is 0 Å². The molecule has 1 heteroatoms. The van der Waals surface area contributed by atoms with E-state index in [0.29, 0.717) is 5.41 Å². The van der Waals surface area contributed by atoms with Crippen molar-refractivity contribution < 1.29 is 4.79 Å². The molecule has 2 unspecified atom stereocenters. The molecule has 1 rings (SSSR count). The van der Waals surface area contributed by atoms with E-state index in [0.717, 1.165) is 31.0 Å². The zero-order valence-electron chi connectivity index (χ0n) is 10.6. The third kappa shape index (κ3) is 3.96. The highest BCUT2D eigenvalue weighted by atomic mass is 16.1. The van der Waals surface area contributed by atoms with E-state index < -0.39 is 0 Å². The summed E-state index contributed by atoms with van der Waals surface area (Å²) in [6.45, 7) is 7.11. The molecule has 0 amide bonds. The quantitative estimate of drug-likeness (QED) is 0.502. The first kappa shape index (κ1) is 12.7. The number of hydrogen-bond acceptors (Lipinski definition) is 1. The lowest BCUT2D eigenvalue weighted by molar-refractivity contribution is -0.108. The number of rotatable bonds is 4. The molecule has 0 aromatic rings. The van der Waals surface area contributed by atoms with Crippen LogP contribution in [0.15, 0.2) is 0 Å². The second-order valence-electron chi connectivity index (χ2n) is 6.11. The van der Waals surface area contributed by atoms with Crippen molar-refractivity contribution >= 4 is 6.29 Å². The van der Waals surface area contributed by atoms with Crippen molar-refractivity contribution in [3.63, 3.8) is 0 Å². The van der Waals surface area contributed by atoms with Crippen molar-refractivity contribution in [3.8, 4) is 0 Å². The average Bonchev–Trinajstić information content (AvgIpc) is 2.17. The van der Waals surface area contributed by atoms with E-state index >= 15 is 0 Å². The fraction of sp³-hybridized carbons (Fsp3) is 0.929. The van der Waals surface area contributed by atoms with E-state index in [1.807, 2.05) is 0 Å². The fourth-order valence-corrected chi connectivity index (χ4v) is 3.16. The van der Waals surface area contributed by atoms with Crippen LogP contribution < -0.4 is 0 Å². The van der Waals surface area contributed by atoms with E-state index in [1.54, 1.807) is 0 Å². The summed E-state index contributed by atoms with van der Waals surface area (Å²) in [6.07, 6.45) is 9.78. The Morgan fingerprint density at radius 3 is 2.47 bits per heavy atom. The van der Waals surface area contributed by atoms with E-state index in [4.69, 9.17) is 0 Å². The first-order valence-corrected chi connectivity index (χ1v) is 6.49. The molecule has 2 atom stereocenters. The van der Waals surface area contributed by atoms with Gasteiger partial charge in [-0.1, -0.05) is 40.0 Å². The smallest absolute Gasteiger partial charge is 0.119 e. The Balaban J connectivity index is 2.46. The van der Waals surface area contributed by atoms with Gasteiger partial charge in [0.2, 0.25) is 0 Å². The van der Waals surface area contributed by atoms with Gasteiger partial charge in [0.15, 0.2) is 0 Å². The van der Waals surface area contributed by atoms with E-state index in [-0.39, 0.29) is 0 Å². The second-order valence-corrected chi connectivity index (χ2v) is 6.11. The number of carbonyl (C=O) groups is 1. The minimum absolute atomic E-state index is 0.451. The molecule has 0 N–H and O–H groups in total. The second kappa shape index (κ2) is 5.67. The van der Waals surface area contributed by atoms with Gasteiger partial charge in [-0.2, -0.15) is 0 Å². The molecule has 0 radical (unpaired) electrons. The Bertz CT molecular complexity index is 190. The lowest BCUT2D eigenvalue weighted by Gasteiger charge is -2.40. The fourth-order valence-electron chi connectivity index (χ4n) is 3.16. The van der Waals surface area contributed by atoms with E-state index in [1.165, 1.54) is 32.1 Å². The summed E-state index contributed by atoms with van der Waals surface area (Å²) in [7, 11) is 0. The van der Waals surface area contributed by atoms with Gasteiger partial charge in [0.25, 0.3) is 0 Å². The third-order valence-corrected chi connectivity index (χ3v) is 3.92. The molecular weight excluding hydrogens is 184 g/mol. The first-order valence-electron chi connectivity index (χ1n) is 6.49. The lowest BCUT2D eigenvalue weighted by atomic mass is 9.65. The molecule has 88 valence electrons. The summed E-state index contributed by atoms with van der Waals surface area (Å²) in [4.78, 5) is 10.3. The van der Waals surface area contributed by atoms with Crippen LogP contribution in [0.1, 0.15) is 65.7 Å². The van der Waals surface area contributed by atoms with Gasteiger partial charge >= 0.3 is 0 Å². The van der Waals surface area contributed by atoms with Crippen molar-refractivity contribution in [2.24, 2.45) is 17.3 Å². The van der Waals surface area contributed by atoms with Crippen molar-refractivity contribution in [1.29, 1.82) is 0 Å².